The van der Waals surface area contributed by atoms with Crippen molar-refractivity contribution in [3.63, 3.8) is 0 Å². The smallest absolute Gasteiger partial charge is 0.269 e. The number of rotatable bonds is 6. The zero-order valence-electron chi connectivity index (χ0n) is 18.7. The normalized spacial score (nSPS) is 12.3. The average molecular weight is 469 g/mol. The maximum absolute atomic E-state index is 13.3. The highest BCUT2D eigenvalue weighted by atomic mass is 35.5. The lowest BCUT2D eigenvalue weighted by atomic mass is 10.1. The topological polar surface area (TPSA) is 54.3 Å². The zero-order chi connectivity index (χ0) is 23.1. The quantitative estimate of drug-likeness (QED) is 0.456. The highest BCUT2D eigenvalue weighted by Gasteiger charge is 2.27. The van der Waals surface area contributed by atoms with E-state index < -0.39 is 0 Å². The fraction of sp³-hybridized carbons (Fsp3) is 0.269. The molecule has 1 aliphatic carbocycles. The Morgan fingerprint density at radius 1 is 1.09 bits per heavy atom. The molecule has 1 aliphatic rings. The van der Waals surface area contributed by atoms with Crippen LogP contribution in [0.2, 0.25) is 0 Å². The van der Waals surface area contributed by atoms with Gasteiger partial charge in [0.25, 0.3) is 5.91 Å². The van der Waals surface area contributed by atoms with Gasteiger partial charge in [0, 0.05) is 34.8 Å². The van der Waals surface area contributed by atoms with Crippen LogP contribution in [0.1, 0.15) is 53.1 Å². The Labute approximate surface area is 199 Å². The molecule has 168 valence electrons. The molecule has 2 N–H and O–H groups in total. The molecule has 3 aromatic rings. The number of nitrogens with zero attached hydrogens (tertiary/aromatic N) is 1. The van der Waals surface area contributed by atoms with Gasteiger partial charge >= 0.3 is 0 Å². The van der Waals surface area contributed by atoms with E-state index in [9.17, 15) is 9.90 Å². The number of aliphatic hydroxyl groups is 1. The second-order valence-corrected chi connectivity index (χ2v) is 8.83. The van der Waals surface area contributed by atoms with Crippen molar-refractivity contribution >= 4 is 35.3 Å². The van der Waals surface area contributed by atoms with Gasteiger partial charge in [-0.25, -0.2) is 0 Å². The molecule has 0 bridgehead atoms. The second-order valence-electron chi connectivity index (χ2n) is 7.26. The van der Waals surface area contributed by atoms with Gasteiger partial charge in [-0.15, -0.1) is 0 Å². The first-order valence-corrected chi connectivity index (χ1v) is 12.0. The maximum atomic E-state index is 13.3. The summed E-state index contributed by atoms with van der Waals surface area (Å²) in [4.78, 5) is 15.3. The van der Waals surface area contributed by atoms with Gasteiger partial charge in [-0.05, 0) is 42.2 Å². The van der Waals surface area contributed by atoms with E-state index in [4.69, 9.17) is 11.6 Å². The zero-order valence-corrected chi connectivity index (χ0v) is 20.3. The van der Waals surface area contributed by atoms with E-state index in [1.54, 1.807) is 11.8 Å². The van der Waals surface area contributed by atoms with Crippen molar-refractivity contribution in [2.75, 3.05) is 0 Å². The van der Waals surface area contributed by atoms with Crippen LogP contribution in [0.4, 0.5) is 0 Å². The van der Waals surface area contributed by atoms with E-state index in [1.807, 2.05) is 86.1 Å². The first-order valence-electron chi connectivity index (χ1n) is 10.8. The average Bonchev–Trinajstić information content (AvgIpc) is 3.10. The minimum absolute atomic E-state index is 0.0166. The Bertz CT molecular complexity index is 1110. The number of allylic oxidation sites excluding steroid dienone is 1. The molecule has 1 aromatic heterocycles. The predicted octanol–water partition coefficient (Wildman–Crippen LogP) is 6.15. The SMILES string of the molecule is CC.Cn1c2c(c(Sc3ccccc3)c1C(=O)NCc1cccc(CO)c1)C=C(Cl)CC2. The predicted molar refractivity (Wildman–Crippen MR) is 133 cm³/mol. The van der Waals surface area contributed by atoms with Gasteiger partial charge in [0.15, 0.2) is 0 Å². The van der Waals surface area contributed by atoms with Crippen molar-refractivity contribution in [2.45, 2.75) is 49.6 Å². The number of aromatic nitrogens is 1. The summed E-state index contributed by atoms with van der Waals surface area (Å²) >= 11 is 7.94. The Morgan fingerprint density at radius 3 is 2.53 bits per heavy atom. The molecule has 0 aliphatic heterocycles. The number of hydrogen-bond acceptors (Lipinski definition) is 3. The van der Waals surface area contributed by atoms with Gasteiger partial charge in [0.2, 0.25) is 0 Å². The summed E-state index contributed by atoms with van der Waals surface area (Å²) in [6, 6.07) is 17.6. The third-order valence-corrected chi connectivity index (χ3v) is 6.64. The Morgan fingerprint density at radius 2 is 1.81 bits per heavy atom. The van der Waals surface area contributed by atoms with Crippen LogP contribution in [0.15, 0.2) is 69.4 Å². The highest BCUT2D eigenvalue weighted by Crippen LogP contribution is 2.41. The van der Waals surface area contributed by atoms with Crippen molar-refractivity contribution in [1.29, 1.82) is 0 Å². The molecule has 2 aromatic carbocycles. The molecule has 0 atom stereocenters. The van der Waals surface area contributed by atoms with Crippen molar-refractivity contribution in [1.82, 2.24) is 9.88 Å². The van der Waals surface area contributed by atoms with E-state index in [2.05, 4.69) is 5.32 Å². The van der Waals surface area contributed by atoms with Crippen LogP contribution in [0.5, 0.6) is 0 Å². The molecule has 1 amide bonds. The molecular weight excluding hydrogens is 440 g/mol. The van der Waals surface area contributed by atoms with Gasteiger partial charge in [0.1, 0.15) is 5.69 Å². The monoisotopic (exact) mass is 468 g/mol. The summed E-state index contributed by atoms with van der Waals surface area (Å²) in [5.41, 5.74) is 4.60. The summed E-state index contributed by atoms with van der Waals surface area (Å²) in [5, 5.41) is 13.2. The first kappa shape index (κ1) is 24.2. The van der Waals surface area contributed by atoms with Crippen LogP contribution in [-0.4, -0.2) is 15.6 Å². The number of fused-ring (bicyclic) bond motifs is 1. The number of amides is 1. The Balaban J connectivity index is 0.00000141. The molecule has 0 saturated carbocycles. The number of carbonyl (C=O) groups excluding carboxylic acids is 1. The number of halogens is 1. The number of aliphatic hydroxyl groups excluding tert-OH is 1. The van der Waals surface area contributed by atoms with Crippen LogP contribution in [-0.2, 0) is 26.6 Å². The van der Waals surface area contributed by atoms with E-state index in [0.717, 1.165) is 50.0 Å². The fourth-order valence-corrected chi connectivity index (χ4v) is 5.06. The molecule has 0 fully saturated rings. The lowest BCUT2D eigenvalue weighted by molar-refractivity contribution is 0.0939. The third kappa shape index (κ3) is 5.47. The van der Waals surface area contributed by atoms with Crippen molar-refractivity contribution in [3.8, 4) is 0 Å². The fourth-order valence-electron chi connectivity index (χ4n) is 3.71. The van der Waals surface area contributed by atoms with Crippen LogP contribution in [0.25, 0.3) is 6.08 Å². The standard InChI is InChI=1S/C24H23ClN2O2S.C2H6/c1-27-21-11-10-18(25)13-20(21)23(30-19-8-3-2-4-9-19)22(27)24(29)26-14-16-6-5-7-17(12-16)15-28;1-2/h2-9,12-13,28H,10-11,14-15H2,1H3,(H,26,29);1-2H3. The van der Waals surface area contributed by atoms with Gasteiger partial charge in [0.05, 0.1) is 11.5 Å². The largest absolute Gasteiger partial charge is 0.392 e. The molecule has 6 heteroatoms. The summed E-state index contributed by atoms with van der Waals surface area (Å²) < 4.78 is 2.00. The van der Waals surface area contributed by atoms with Gasteiger partial charge < -0.3 is 15.0 Å². The Kier molecular flexibility index (Phi) is 8.62. The number of nitrogens with one attached hydrogen (secondary N) is 1. The highest BCUT2D eigenvalue weighted by molar-refractivity contribution is 7.99. The molecule has 4 nitrogen and oxygen atoms in total. The van der Waals surface area contributed by atoms with Gasteiger partial charge in [-0.1, -0.05) is 79.7 Å². The van der Waals surface area contributed by atoms with Gasteiger partial charge in [-0.2, -0.15) is 0 Å². The first-order chi connectivity index (χ1) is 15.6. The van der Waals surface area contributed by atoms with E-state index in [1.165, 1.54) is 0 Å². The number of hydrogen-bond donors (Lipinski definition) is 2. The lowest BCUT2D eigenvalue weighted by Gasteiger charge is -2.11. The minimum atomic E-state index is -0.121. The molecule has 0 saturated heterocycles. The molecule has 4 rings (SSSR count). The molecular formula is C26H29ClN2O2S. The summed E-state index contributed by atoms with van der Waals surface area (Å²) in [6.07, 6.45) is 3.60. The minimum Gasteiger partial charge on any atom is -0.392 e. The second kappa shape index (κ2) is 11.4. The summed E-state index contributed by atoms with van der Waals surface area (Å²) in [6.45, 7) is 4.38. The Hall–Kier alpha value is -2.47. The number of carbonyl (C=O) groups is 1. The third-order valence-electron chi connectivity index (χ3n) is 5.22. The molecule has 0 unspecified atom stereocenters. The van der Waals surface area contributed by atoms with E-state index in [0.29, 0.717) is 12.2 Å². The van der Waals surface area contributed by atoms with Crippen molar-refractivity contribution < 1.29 is 9.90 Å². The molecule has 0 spiro atoms. The molecule has 0 radical (unpaired) electrons. The van der Waals surface area contributed by atoms with Gasteiger partial charge in [-0.3, -0.25) is 4.79 Å². The summed E-state index contributed by atoms with van der Waals surface area (Å²) in [5.74, 6) is -0.121. The lowest BCUT2D eigenvalue weighted by Crippen LogP contribution is -2.25. The molecule has 1 heterocycles. The van der Waals surface area contributed by atoms with Crippen LogP contribution in [0, 0.1) is 0 Å². The van der Waals surface area contributed by atoms with E-state index >= 15 is 0 Å². The number of benzene rings is 2. The van der Waals surface area contributed by atoms with Crippen LogP contribution in [0.3, 0.4) is 0 Å². The summed E-state index contributed by atoms with van der Waals surface area (Å²) in [7, 11) is 1.95. The van der Waals surface area contributed by atoms with Crippen molar-refractivity contribution in [3.05, 3.63) is 87.7 Å². The molecule has 32 heavy (non-hydrogen) atoms. The van der Waals surface area contributed by atoms with Crippen molar-refractivity contribution in [2.24, 2.45) is 7.05 Å². The maximum Gasteiger partial charge on any atom is 0.269 e. The van der Waals surface area contributed by atoms with Crippen LogP contribution < -0.4 is 5.32 Å². The van der Waals surface area contributed by atoms with Crippen LogP contribution >= 0.6 is 23.4 Å². The van der Waals surface area contributed by atoms with E-state index in [-0.39, 0.29) is 12.5 Å².